The molecule has 1 amide bonds. The van der Waals surface area contributed by atoms with E-state index in [1.165, 1.54) is 0 Å². The number of nitrogens with one attached hydrogen (secondary N) is 1. The molecule has 0 bridgehead atoms. The van der Waals surface area contributed by atoms with Crippen LogP contribution in [0.5, 0.6) is 0 Å². The van der Waals surface area contributed by atoms with Gasteiger partial charge < -0.3 is 10.0 Å². The Morgan fingerprint density at radius 3 is 2.50 bits per heavy atom. The van der Waals surface area contributed by atoms with Crippen molar-refractivity contribution in [2.24, 2.45) is 0 Å². The summed E-state index contributed by atoms with van der Waals surface area (Å²) in [4.78, 5) is 15.1. The molecule has 0 aliphatic carbocycles. The lowest BCUT2D eigenvalue weighted by Crippen LogP contribution is -2.33. The maximum atomic E-state index is 12.8. The molecule has 0 aromatic heterocycles. The van der Waals surface area contributed by atoms with Crippen molar-refractivity contribution in [3.05, 3.63) is 53.1 Å². The molecule has 2 heterocycles. The Hall–Kier alpha value is -1.87. The van der Waals surface area contributed by atoms with Crippen molar-refractivity contribution < 1.29 is 18.3 Å². The fourth-order valence-electron chi connectivity index (χ4n) is 3.80. The van der Waals surface area contributed by atoms with Crippen LogP contribution in [0.1, 0.15) is 29.2 Å². The summed E-state index contributed by atoms with van der Waals surface area (Å²) in [5, 5.41) is 10.3. The van der Waals surface area contributed by atoms with E-state index in [2.05, 4.69) is 4.72 Å². The van der Waals surface area contributed by atoms with Gasteiger partial charge in [0, 0.05) is 24.4 Å². The van der Waals surface area contributed by atoms with Crippen molar-refractivity contribution in [2.75, 3.05) is 24.2 Å². The van der Waals surface area contributed by atoms with Crippen LogP contribution in [0.3, 0.4) is 0 Å². The van der Waals surface area contributed by atoms with Crippen molar-refractivity contribution in [1.82, 2.24) is 4.72 Å². The van der Waals surface area contributed by atoms with Crippen LogP contribution in [0.4, 0.5) is 5.69 Å². The second-order valence-corrected chi connectivity index (χ2v) is 9.67. The summed E-state index contributed by atoms with van der Waals surface area (Å²) in [6.07, 6.45) is 2.69. The van der Waals surface area contributed by atoms with E-state index in [-0.39, 0.29) is 17.3 Å². The molecular weight excluding hydrogens is 396 g/mol. The summed E-state index contributed by atoms with van der Waals surface area (Å²) in [5.41, 5.74) is 3.37. The topological polar surface area (TPSA) is 86.7 Å². The highest BCUT2D eigenvalue weighted by molar-refractivity contribution is 7.98. The van der Waals surface area contributed by atoms with E-state index in [0.717, 1.165) is 21.7 Å². The quantitative estimate of drug-likeness (QED) is 0.703. The van der Waals surface area contributed by atoms with Gasteiger partial charge >= 0.3 is 0 Å². The molecule has 148 valence electrons. The normalized spacial score (nSPS) is 16.9. The number of aliphatic hydroxyl groups excluding tert-OH is 1. The van der Waals surface area contributed by atoms with Crippen molar-refractivity contribution in [3.8, 4) is 0 Å². The Bertz CT molecular complexity index is 1020. The molecule has 0 fully saturated rings. The van der Waals surface area contributed by atoms with Crippen LogP contribution in [0.15, 0.2) is 46.2 Å². The third kappa shape index (κ3) is 3.57. The van der Waals surface area contributed by atoms with Crippen LogP contribution in [0.25, 0.3) is 0 Å². The van der Waals surface area contributed by atoms with Gasteiger partial charge in [-0.25, -0.2) is 13.1 Å². The first-order chi connectivity index (χ1) is 13.4. The fourth-order valence-corrected chi connectivity index (χ4v) is 5.34. The molecule has 2 N–H and O–H groups in total. The molecule has 28 heavy (non-hydrogen) atoms. The first-order valence-corrected chi connectivity index (χ1v) is 11.9. The largest absolute Gasteiger partial charge is 0.387 e. The third-order valence-electron chi connectivity index (χ3n) is 5.30. The van der Waals surface area contributed by atoms with Crippen LogP contribution in [-0.2, 0) is 27.7 Å². The van der Waals surface area contributed by atoms with Gasteiger partial charge in [-0.1, -0.05) is 12.1 Å². The minimum Gasteiger partial charge on any atom is -0.387 e. The lowest BCUT2D eigenvalue weighted by atomic mass is 10.00. The van der Waals surface area contributed by atoms with E-state index in [4.69, 9.17) is 0 Å². The number of rotatable bonds is 6. The molecule has 8 heteroatoms. The Labute approximate surface area is 169 Å². The maximum Gasteiger partial charge on any atom is 0.240 e. The zero-order valence-electron chi connectivity index (χ0n) is 15.5. The first kappa shape index (κ1) is 19.4. The number of aliphatic hydroxyl groups is 1. The molecule has 1 unspecified atom stereocenters. The number of aryl methyl sites for hydroxylation is 1. The van der Waals surface area contributed by atoms with E-state index in [1.54, 1.807) is 40.9 Å². The number of amides is 1. The van der Waals surface area contributed by atoms with Crippen molar-refractivity contribution in [3.63, 3.8) is 0 Å². The number of carbonyl (C=O) groups excluding carboxylic acids is 1. The van der Waals surface area contributed by atoms with Gasteiger partial charge in [-0.05, 0) is 60.1 Å². The minimum atomic E-state index is -3.75. The first-order valence-electron chi connectivity index (χ1n) is 9.17. The second kappa shape index (κ2) is 7.51. The van der Waals surface area contributed by atoms with Crippen molar-refractivity contribution in [1.29, 1.82) is 0 Å². The van der Waals surface area contributed by atoms with Gasteiger partial charge in [-0.15, -0.1) is 11.8 Å². The number of thioether (sulfide) groups is 1. The Morgan fingerprint density at radius 1 is 1.14 bits per heavy atom. The summed E-state index contributed by atoms with van der Waals surface area (Å²) in [5.74, 6) is 0.107. The SMILES string of the molecule is CSc1ccc(C(O)CNS(=O)(=O)c2cc3c4c(c2)CCN4C(=O)CC3)cc1. The van der Waals surface area contributed by atoms with E-state index in [1.807, 2.05) is 18.4 Å². The summed E-state index contributed by atoms with van der Waals surface area (Å²) in [6, 6.07) is 10.7. The fraction of sp³-hybridized carbons (Fsp3) is 0.350. The monoisotopic (exact) mass is 418 g/mol. The molecule has 6 nitrogen and oxygen atoms in total. The molecule has 0 saturated carbocycles. The minimum absolute atomic E-state index is 0.0992. The van der Waals surface area contributed by atoms with E-state index in [0.29, 0.717) is 31.4 Å². The number of anilines is 1. The van der Waals surface area contributed by atoms with E-state index in [9.17, 15) is 18.3 Å². The molecule has 2 aliphatic rings. The molecule has 0 radical (unpaired) electrons. The molecular formula is C20H22N2O4S2. The van der Waals surface area contributed by atoms with Crippen LogP contribution in [0, 0.1) is 0 Å². The molecule has 2 aliphatic heterocycles. The summed E-state index contributed by atoms with van der Waals surface area (Å²) in [7, 11) is -3.75. The standard InChI is InChI=1S/C20H22N2O4S2/c1-27-16-5-2-13(3-6-16)18(23)12-21-28(25,26)17-10-14-4-7-19(24)22-9-8-15(11-17)20(14)22/h2-3,5-6,10-11,18,21,23H,4,7-9,12H2,1H3. The molecule has 0 saturated heterocycles. The highest BCUT2D eigenvalue weighted by Crippen LogP contribution is 2.38. The lowest BCUT2D eigenvalue weighted by Gasteiger charge is -2.25. The number of hydrogen-bond donors (Lipinski definition) is 2. The number of benzene rings is 2. The average molecular weight is 419 g/mol. The van der Waals surface area contributed by atoms with Gasteiger partial charge in [0.25, 0.3) is 0 Å². The summed E-state index contributed by atoms with van der Waals surface area (Å²) >= 11 is 1.60. The smallest absolute Gasteiger partial charge is 0.240 e. The Morgan fingerprint density at radius 2 is 1.82 bits per heavy atom. The zero-order chi connectivity index (χ0) is 19.9. The van der Waals surface area contributed by atoms with Crippen LogP contribution < -0.4 is 9.62 Å². The van der Waals surface area contributed by atoms with Crippen molar-refractivity contribution in [2.45, 2.75) is 35.2 Å². The molecule has 1 atom stereocenters. The van der Waals surface area contributed by atoms with Gasteiger partial charge in [0.05, 0.1) is 16.7 Å². The molecule has 0 spiro atoms. The molecule has 2 aromatic carbocycles. The number of nitrogens with zero attached hydrogens (tertiary/aromatic N) is 1. The predicted molar refractivity (Wildman–Crippen MR) is 109 cm³/mol. The molecule has 4 rings (SSSR count). The molecule has 2 aromatic rings. The number of carbonyl (C=O) groups is 1. The number of hydrogen-bond acceptors (Lipinski definition) is 5. The van der Waals surface area contributed by atoms with Crippen LogP contribution in [-0.4, -0.2) is 38.8 Å². The number of sulfonamides is 1. The van der Waals surface area contributed by atoms with Crippen molar-refractivity contribution >= 4 is 33.4 Å². The third-order valence-corrected chi connectivity index (χ3v) is 7.45. The maximum absolute atomic E-state index is 12.8. The van der Waals surface area contributed by atoms with E-state index >= 15 is 0 Å². The van der Waals surface area contributed by atoms with Gasteiger partial charge in [-0.2, -0.15) is 0 Å². The van der Waals surface area contributed by atoms with E-state index < -0.39 is 16.1 Å². The van der Waals surface area contributed by atoms with Gasteiger partial charge in [0.1, 0.15) is 0 Å². The van der Waals surface area contributed by atoms with Crippen LogP contribution in [0.2, 0.25) is 0 Å². The second-order valence-electron chi connectivity index (χ2n) is 7.03. The van der Waals surface area contributed by atoms with Gasteiger partial charge in [0.2, 0.25) is 15.9 Å². The Kier molecular flexibility index (Phi) is 5.22. The van der Waals surface area contributed by atoms with Gasteiger partial charge in [0.15, 0.2) is 0 Å². The predicted octanol–water partition coefficient (Wildman–Crippen LogP) is 2.26. The van der Waals surface area contributed by atoms with Crippen LogP contribution >= 0.6 is 11.8 Å². The highest BCUT2D eigenvalue weighted by atomic mass is 32.2. The average Bonchev–Trinajstić information content (AvgIpc) is 3.14. The Balaban J connectivity index is 1.52. The van der Waals surface area contributed by atoms with Gasteiger partial charge in [-0.3, -0.25) is 4.79 Å². The lowest BCUT2D eigenvalue weighted by molar-refractivity contribution is -0.118. The zero-order valence-corrected chi connectivity index (χ0v) is 17.1. The summed E-state index contributed by atoms with van der Waals surface area (Å²) < 4.78 is 28.1. The highest BCUT2D eigenvalue weighted by Gasteiger charge is 2.33. The summed E-state index contributed by atoms with van der Waals surface area (Å²) in [6.45, 7) is 0.515.